The normalized spacial score (nSPS) is 17.5. The highest BCUT2D eigenvalue weighted by molar-refractivity contribution is 7.89. The van der Waals surface area contributed by atoms with Crippen molar-refractivity contribution >= 4 is 31.6 Å². The molecule has 0 radical (unpaired) electrons. The lowest BCUT2D eigenvalue weighted by molar-refractivity contribution is -0.120. The summed E-state index contributed by atoms with van der Waals surface area (Å²) >= 11 is 0. The second-order valence-electron chi connectivity index (χ2n) is 7.28. The molecule has 1 atom stereocenters. The first-order valence-electron chi connectivity index (χ1n) is 9.72. The van der Waals surface area contributed by atoms with E-state index in [-0.39, 0.29) is 22.2 Å². The molecule has 32 heavy (non-hydrogen) atoms. The second kappa shape index (κ2) is 9.45. The number of amides is 1. The van der Waals surface area contributed by atoms with Crippen LogP contribution in [0.15, 0.2) is 52.3 Å². The molecule has 1 fully saturated rings. The molecule has 12 heteroatoms. The standard InChI is InChI=1S/C20H25N3O7S2/c1-29-18-10-9-17(12-19(18)30-2)32(27,28)23-11-3-4-14(13-23)20(24)22-15-5-7-16(8-6-15)31(21,25)26/h5-10,12,14H,3-4,11,13H2,1-2H3,(H,22,24)(H2,21,25,26)/t14-/m1/s1. The maximum Gasteiger partial charge on any atom is 0.243 e. The molecule has 2 aromatic rings. The minimum atomic E-state index is -3.84. The van der Waals surface area contributed by atoms with Crippen LogP contribution in [0.5, 0.6) is 11.5 Å². The summed E-state index contributed by atoms with van der Waals surface area (Å²) in [6.45, 7) is 0.321. The molecule has 0 bridgehead atoms. The summed E-state index contributed by atoms with van der Waals surface area (Å²) in [4.78, 5) is 12.7. The Morgan fingerprint density at radius 1 is 1.00 bits per heavy atom. The van der Waals surface area contributed by atoms with Crippen molar-refractivity contribution in [2.45, 2.75) is 22.6 Å². The minimum Gasteiger partial charge on any atom is -0.493 e. The van der Waals surface area contributed by atoms with E-state index < -0.39 is 26.0 Å². The molecule has 0 spiro atoms. The van der Waals surface area contributed by atoms with Gasteiger partial charge in [0.25, 0.3) is 0 Å². The van der Waals surface area contributed by atoms with E-state index in [9.17, 15) is 21.6 Å². The van der Waals surface area contributed by atoms with Gasteiger partial charge in [0.2, 0.25) is 26.0 Å². The van der Waals surface area contributed by atoms with Gasteiger partial charge in [0.1, 0.15) is 0 Å². The number of carbonyl (C=O) groups is 1. The fraction of sp³-hybridized carbons (Fsp3) is 0.350. The van der Waals surface area contributed by atoms with E-state index in [1.165, 1.54) is 61.0 Å². The topological polar surface area (TPSA) is 145 Å². The maximum atomic E-state index is 13.1. The van der Waals surface area contributed by atoms with E-state index in [1.54, 1.807) is 0 Å². The molecule has 1 saturated heterocycles. The van der Waals surface area contributed by atoms with Crippen molar-refractivity contribution in [1.29, 1.82) is 0 Å². The van der Waals surface area contributed by atoms with Crippen LogP contribution < -0.4 is 19.9 Å². The summed E-state index contributed by atoms with van der Waals surface area (Å²) in [6, 6.07) is 9.79. The lowest BCUT2D eigenvalue weighted by Gasteiger charge is -2.31. The number of benzene rings is 2. The van der Waals surface area contributed by atoms with E-state index in [1.807, 2.05) is 0 Å². The molecule has 0 aromatic heterocycles. The third-order valence-corrected chi connectivity index (χ3v) is 7.99. The number of methoxy groups -OCH3 is 2. The van der Waals surface area contributed by atoms with Crippen molar-refractivity contribution in [2.75, 3.05) is 32.6 Å². The first-order chi connectivity index (χ1) is 15.1. The van der Waals surface area contributed by atoms with Gasteiger partial charge in [-0.15, -0.1) is 0 Å². The molecule has 2 aromatic carbocycles. The van der Waals surface area contributed by atoms with Crippen LogP contribution in [0.4, 0.5) is 5.69 Å². The third kappa shape index (κ3) is 5.21. The SMILES string of the molecule is COc1ccc(S(=O)(=O)N2CCC[C@@H](C(=O)Nc3ccc(S(N)(=O)=O)cc3)C2)cc1OC. The third-order valence-electron chi connectivity index (χ3n) is 5.20. The summed E-state index contributed by atoms with van der Waals surface area (Å²) in [5.74, 6) is -0.198. The lowest BCUT2D eigenvalue weighted by atomic mass is 9.99. The zero-order valence-corrected chi connectivity index (χ0v) is 19.3. The average molecular weight is 484 g/mol. The van der Waals surface area contributed by atoms with Gasteiger partial charge in [0.05, 0.1) is 29.9 Å². The second-order valence-corrected chi connectivity index (χ2v) is 10.8. The number of hydrogen-bond acceptors (Lipinski definition) is 7. The van der Waals surface area contributed by atoms with Gasteiger partial charge < -0.3 is 14.8 Å². The monoisotopic (exact) mass is 483 g/mol. The van der Waals surface area contributed by atoms with Crippen LogP contribution in [0, 0.1) is 5.92 Å². The highest BCUT2D eigenvalue weighted by Crippen LogP contribution is 2.32. The molecule has 1 aliphatic heterocycles. The summed E-state index contributed by atoms with van der Waals surface area (Å²) in [6.07, 6.45) is 1.05. The first kappa shape index (κ1) is 24.0. The van der Waals surface area contributed by atoms with Gasteiger partial charge in [-0.05, 0) is 49.2 Å². The van der Waals surface area contributed by atoms with E-state index in [0.717, 1.165) is 0 Å². The van der Waals surface area contributed by atoms with Gasteiger partial charge in [-0.2, -0.15) is 4.31 Å². The molecule has 1 aliphatic rings. The Morgan fingerprint density at radius 2 is 1.62 bits per heavy atom. The molecule has 0 saturated carbocycles. The zero-order valence-electron chi connectivity index (χ0n) is 17.6. The number of rotatable bonds is 7. The molecular weight excluding hydrogens is 458 g/mol. The maximum absolute atomic E-state index is 13.1. The number of nitrogens with zero attached hydrogens (tertiary/aromatic N) is 1. The van der Waals surface area contributed by atoms with Crippen molar-refractivity contribution in [1.82, 2.24) is 4.31 Å². The summed E-state index contributed by atoms with van der Waals surface area (Å²) in [5, 5.41) is 7.77. The van der Waals surface area contributed by atoms with Crippen LogP contribution >= 0.6 is 0 Å². The van der Waals surface area contributed by atoms with Crippen molar-refractivity contribution in [2.24, 2.45) is 11.1 Å². The Kier molecular flexibility index (Phi) is 7.08. The average Bonchev–Trinajstić information content (AvgIpc) is 2.78. The quantitative estimate of drug-likeness (QED) is 0.605. The number of primary sulfonamides is 1. The first-order valence-corrected chi connectivity index (χ1v) is 12.7. The van der Waals surface area contributed by atoms with E-state index >= 15 is 0 Å². The predicted octanol–water partition coefficient (Wildman–Crippen LogP) is 1.39. The highest BCUT2D eigenvalue weighted by Gasteiger charge is 2.34. The Morgan fingerprint density at radius 3 is 2.22 bits per heavy atom. The smallest absolute Gasteiger partial charge is 0.243 e. The van der Waals surface area contributed by atoms with Crippen molar-refractivity contribution in [3.63, 3.8) is 0 Å². The highest BCUT2D eigenvalue weighted by atomic mass is 32.2. The molecule has 3 N–H and O–H groups in total. The van der Waals surface area contributed by atoms with Crippen molar-refractivity contribution in [3.8, 4) is 11.5 Å². The molecule has 0 unspecified atom stereocenters. The Labute approximate surface area is 187 Å². The van der Waals surface area contributed by atoms with Crippen LogP contribution in [0.25, 0.3) is 0 Å². The predicted molar refractivity (Wildman–Crippen MR) is 117 cm³/mol. The van der Waals surface area contributed by atoms with E-state index in [0.29, 0.717) is 36.6 Å². The Bertz CT molecular complexity index is 1200. The number of nitrogens with two attached hydrogens (primary N) is 1. The molecule has 3 rings (SSSR count). The molecule has 0 aliphatic carbocycles. The van der Waals surface area contributed by atoms with Gasteiger partial charge in [0, 0.05) is 24.8 Å². The largest absolute Gasteiger partial charge is 0.493 e. The Hall–Kier alpha value is -2.67. The van der Waals surface area contributed by atoms with Crippen LogP contribution in [0.2, 0.25) is 0 Å². The van der Waals surface area contributed by atoms with Crippen LogP contribution in [-0.4, -0.2) is 54.4 Å². The number of carbonyl (C=O) groups excluding carboxylic acids is 1. The number of anilines is 1. The minimum absolute atomic E-state index is 0.0256. The van der Waals surface area contributed by atoms with E-state index in [2.05, 4.69) is 5.32 Å². The van der Waals surface area contributed by atoms with Gasteiger partial charge in [-0.25, -0.2) is 22.0 Å². The summed E-state index contributed by atoms with van der Waals surface area (Å²) < 4.78 is 60.6. The fourth-order valence-corrected chi connectivity index (χ4v) is 5.53. The van der Waals surface area contributed by atoms with Crippen molar-refractivity contribution in [3.05, 3.63) is 42.5 Å². The van der Waals surface area contributed by atoms with Gasteiger partial charge in [-0.3, -0.25) is 4.79 Å². The van der Waals surface area contributed by atoms with Gasteiger partial charge in [-0.1, -0.05) is 0 Å². The summed E-state index contributed by atoms with van der Waals surface area (Å²) in [7, 11) is -4.79. The molecular formula is C20H25N3O7S2. The lowest BCUT2D eigenvalue weighted by Crippen LogP contribution is -2.43. The number of nitrogens with one attached hydrogen (secondary N) is 1. The van der Waals surface area contributed by atoms with Crippen molar-refractivity contribution < 1.29 is 31.1 Å². The number of sulfonamides is 2. The van der Waals surface area contributed by atoms with Gasteiger partial charge in [0.15, 0.2) is 11.5 Å². The summed E-state index contributed by atoms with van der Waals surface area (Å²) in [5.41, 5.74) is 0.391. The number of piperidine rings is 1. The molecule has 1 heterocycles. The number of hydrogen-bond donors (Lipinski definition) is 2. The molecule has 10 nitrogen and oxygen atoms in total. The Balaban J connectivity index is 1.73. The van der Waals surface area contributed by atoms with Crippen LogP contribution in [0.1, 0.15) is 12.8 Å². The van der Waals surface area contributed by atoms with Crippen LogP contribution in [0.3, 0.4) is 0 Å². The fourth-order valence-electron chi connectivity index (χ4n) is 3.47. The molecule has 1 amide bonds. The molecule has 174 valence electrons. The van der Waals surface area contributed by atoms with Gasteiger partial charge >= 0.3 is 0 Å². The number of ether oxygens (including phenoxy) is 2. The van der Waals surface area contributed by atoms with E-state index in [4.69, 9.17) is 14.6 Å². The zero-order chi connectivity index (χ0) is 23.5. The van der Waals surface area contributed by atoms with Crippen LogP contribution in [-0.2, 0) is 24.8 Å².